The molecule has 5 rings (SSSR count). The van der Waals surface area contributed by atoms with Crippen LogP contribution in [-0.4, -0.2) is 26.1 Å². The Morgan fingerprint density at radius 2 is 2.17 bits per heavy atom. The molecule has 2 N–H and O–H groups in total. The van der Waals surface area contributed by atoms with Gasteiger partial charge in [0, 0.05) is 22.5 Å². The molecule has 4 aromatic rings. The van der Waals surface area contributed by atoms with Crippen LogP contribution in [-0.2, 0) is 11.2 Å². The zero-order valence-electron chi connectivity index (χ0n) is 15.8. The number of carbonyl (C=O) groups is 1. The van der Waals surface area contributed by atoms with E-state index in [0.29, 0.717) is 17.4 Å². The number of nitrogens with one attached hydrogen (secondary N) is 2. The van der Waals surface area contributed by atoms with Crippen LogP contribution in [0.5, 0.6) is 0 Å². The number of H-pyrrole nitrogens is 1. The minimum Gasteiger partial charge on any atom is -0.459 e. The summed E-state index contributed by atoms with van der Waals surface area (Å²) in [5.41, 5.74) is 2.30. The van der Waals surface area contributed by atoms with E-state index in [0.717, 1.165) is 33.6 Å². The molecule has 0 aliphatic heterocycles. The minimum absolute atomic E-state index is 0.122. The van der Waals surface area contributed by atoms with Crippen LogP contribution in [0.3, 0.4) is 0 Å². The van der Waals surface area contributed by atoms with Gasteiger partial charge in [0.1, 0.15) is 11.6 Å². The van der Waals surface area contributed by atoms with Gasteiger partial charge in [-0.3, -0.25) is 9.89 Å². The molecule has 1 saturated carbocycles. The molecule has 1 amide bonds. The van der Waals surface area contributed by atoms with E-state index in [2.05, 4.69) is 25.5 Å². The van der Waals surface area contributed by atoms with Crippen molar-refractivity contribution < 1.29 is 9.21 Å². The van der Waals surface area contributed by atoms with Crippen molar-refractivity contribution in [2.75, 3.05) is 5.32 Å². The van der Waals surface area contributed by atoms with Crippen LogP contribution in [0.15, 0.2) is 46.2 Å². The highest BCUT2D eigenvalue weighted by Gasteiger charge is 2.27. The monoisotopic (exact) mass is 405 g/mol. The van der Waals surface area contributed by atoms with E-state index in [-0.39, 0.29) is 12.3 Å². The number of hydrogen-bond acceptors (Lipinski definition) is 6. The molecule has 1 fully saturated rings. The molecule has 7 nitrogen and oxygen atoms in total. The standard InChI is InChI=1S/C21H19N5O2S/c1-12-5-8-17(28-12)21-23-16(11-29-21)10-18(27)22-15-4-2-3-14(9-15)20-24-19(25-26-20)13-6-7-13/h2-5,8-9,11,13H,6-7,10H2,1H3,(H,22,27)(H,24,25,26). The van der Waals surface area contributed by atoms with Gasteiger partial charge in [-0.05, 0) is 44.0 Å². The Labute approximate surface area is 171 Å². The van der Waals surface area contributed by atoms with Crippen molar-refractivity contribution in [1.29, 1.82) is 0 Å². The number of furan rings is 1. The number of anilines is 1. The first-order valence-corrected chi connectivity index (χ1v) is 10.4. The van der Waals surface area contributed by atoms with Gasteiger partial charge in [0.2, 0.25) is 5.91 Å². The van der Waals surface area contributed by atoms with Crippen LogP contribution in [0.1, 0.15) is 36.0 Å². The predicted molar refractivity (Wildman–Crippen MR) is 111 cm³/mol. The molecular formula is C21H19N5O2S. The molecule has 29 heavy (non-hydrogen) atoms. The number of hydrogen-bond donors (Lipinski definition) is 2. The minimum atomic E-state index is -0.122. The largest absolute Gasteiger partial charge is 0.459 e. The Morgan fingerprint density at radius 3 is 2.97 bits per heavy atom. The molecular weight excluding hydrogens is 386 g/mol. The third-order valence-corrected chi connectivity index (χ3v) is 5.62. The summed E-state index contributed by atoms with van der Waals surface area (Å²) in [5.74, 6) is 3.56. The van der Waals surface area contributed by atoms with Crippen molar-refractivity contribution in [2.45, 2.75) is 32.1 Å². The maximum absolute atomic E-state index is 12.5. The SMILES string of the molecule is Cc1ccc(-c2nc(CC(=O)Nc3cccc(-c4n[nH]c(C5CC5)n4)c3)cs2)o1. The van der Waals surface area contributed by atoms with E-state index < -0.39 is 0 Å². The summed E-state index contributed by atoms with van der Waals surface area (Å²) in [6.07, 6.45) is 2.54. The summed E-state index contributed by atoms with van der Waals surface area (Å²) in [5, 5.41) is 12.9. The number of amides is 1. The van der Waals surface area contributed by atoms with Gasteiger partial charge in [0.25, 0.3) is 0 Å². The lowest BCUT2D eigenvalue weighted by molar-refractivity contribution is -0.115. The lowest BCUT2D eigenvalue weighted by Crippen LogP contribution is -2.14. The van der Waals surface area contributed by atoms with Crippen molar-refractivity contribution >= 4 is 22.9 Å². The molecule has 1 aromatic carbocycles. The first-order chi connectivity index (χ1) is 14.1. The molecule has 0 radical (unpaired) electrons. The van der Waals surface area contributed by atoms with Crippen molar-refractivity contribution in [3.8, 4) is 22.2 Å². The topological polar surface area (TPSA) is 96.7 Å². The molecule has 3 heterocycles. The van der Waals surface area contributed by atoms with Crippen LogP contribution >= 0.6 is 11.3 Å². The second kappa shape index (κ2) is 7.29. The highest BCUT2D eigenvalue weighted by atomic mass is 32.1. The van der Waals surface area contributed by atoms with Crippen LogP contribution < -0.4 is 5.32 Å². The number of rotatable bonds is 6. The van der Waals surface area contributed by atoms with Crippen molar-refractivity contribution in [2.24, 2.45) is 0 Å². The summed E-state index contributed by atoms with van der Waals surface area (Å²) in [6.45, 7) is 1.89. The van der Waals surface area contributed by atoms with E-state index in [1.54, 1.807) is 0 Å². The average Bonchev–Trinajstić information content (AvgIpc) is 3.08. The van der Waals surface area contributed by atoms with Crippen LogP contribution in [0.2, 0.25) is 0 Å². The Morgan fingerprint density at radius 1 is 1.28 bits per heavy atom. The average molecular weight is 405 g/mol. The summed E-state index contributed by atoms with van der Waals surface area (Å²) < 4.78 is 5.59. The normalized spacial score (nSPS) is 13.6. The molecule has 0 saturated heterocycles. The highest BCUT2D eigenvalue weighted by molar-refractivity contribution is 7.13. The van der Waals surface area contributed by atoms with Gasteiger partial charge in [0.05, 0.1) is 12.1 Å². The van der Waals surface area contributed by atoms with Crippen molar-refractivity contribution in [1.82, 2.24) is 20.2 Å². The van der Waals surface area contributed by atoms with Gasteiger partial charge >= 0.3 is 0 Å². The fraction of sp³-hybridized carbons (Fsp3) is 0.238. The number of aromatic amines is 1. The Bertz CT molecular complexity index is 1170. The first-order valence-electron chi connectivity index (χ1n) is 9.48. The van der Waals surface area contributed by atoms with Gasteiger partial charge in [0.15, 0.2) is 16.6 Å². The lowest BCUT2D eigenvalue weighted by Gasteiger charge is -2.05. The fourth-order valence-electron chi connectivity index (χ4n) is 3.10. The zero-order valence-corrected chi connectivity index (χ0v) is 16.6. The van der Waals surface area contributed by atoms with Crippen LogP contribution in [0, 0.1) is 6.92 Å². The van der Waals surface area contributed by atoms with Gasteiger partial charge in [-0.25, -0.2) is 9.97 Å². The smallest absolute Gasteiger partial charge is 0.230 e. The summed E-state index contributed by atoms with van der Waals surface area (Å²) in [7, 11) is 0. The molecule has 0 unspecified atom stereocenters. The molecule has 0 atom stereocenters. The third kappa shape index (κ3) is 3.97. The molecule has 0 bridgehead atoms. The second-order valence-corrected chi connectivity index (χ2v) is 8.04. The molecule has 1 aliphatic carbocycles. The van der Waals surface area contributed by atoms with E-state index in [4.69, 9.17) is 4.42 Å². The fourth-order valence-corrected chi connectivity index (χ4v) is 3.88. The van der Waals surface area contributed by atoms with Crippen LogP contribution in [0.25, 0.3) is 22.2 Å². The van der Waals surface area contributed by atoms with Crippen molar-refractivity contribution in [3.63, 3.8) is 0 Å². The number of carbonyl (C=O) groups excluding carboxylic acids is 1. The summed E-state index contributed by atoms with van der Waals surface area (Å²) >= 11 is 1.47. The van der Waals surface area contributed by atoms with Gasteiger partial charge in [-0.15, -0.1) is 11.3 Å². The Kier molecular flexibility index (Phi) is 4.48. The first kappa shape index (κ1) is 17.8. The predicted octanol–water partition coefficient (Wildman–Crippen LogP) is 4.56. The third-order valence-electron chi connectivity index (χ3n) is 4.72. The Balaban J connectivity index is 1.25. The van der Waals surface area contributed by atoms with Gasteiger partial charge < -0.3 is 9.73 Å². The molecule has 3 aromatic heterocycles. The van der Waals surface area contributed by atoms with E-state index in [9.17, 15) is 4.79 Å². The van der Waals surface area contributed by atoms with E-state index >= 15 is 0 Å². The maximum Gasteiger partial charge on any atom is 0.230 e. The molecule has 146 valence electrons. The number of nitrogens with zero attached hydrogens (tertiary/aromatic N) is 3. The van der Waals surface area contributed by atoms with E-state index in [1.807, 2.05) is 48.7 Å². The Hall–Kier alpha value is -3.26. The summed E-state index contributed by atoms with van der Waals surface area (Å²) in [6, 6.07) is 11.4. The molecule has 8 heteroatoms. The van der Waals surface area contributed by atoms with Gasteiger partial charge in [-0.2, -0.15) is 5.10 Å². The molecule has 1 aliphatic rings. The zero-order chi connectivity index (χ0) is 19.8. The number of aromatic nitrogens is 4. The number of thiazole rings is 1. The quantitative estimate of drug-likeness (QED) is 0.490. The number of aryl methyl sites for hydroxylation is 1. The summed E-state index contributed by atoms with van der Waals surface area (Å²) in [4.78, 5) is 21.5. The second-order valence-electron chi connectivity index (χ2n) is 7.18. The van der Waals surface area contributed by atoms with Crippen LogP contribution in [0.4, 0.5) is 5.69 Å². The van der Waals surface area contributed by atoms with E-state index in [1.165, 1.54) is 24.2 Å². The number of benzene rings is 1. The van der Waals surface area contributed by atoms with Gasteiger partial charge in [-0.1, -0.05) is 12.1 Å². The maximum atomic E-state index is 12.5. The highest BCUT2D eigenvalue weighted by Crippen LogP contribution is 2.38. The lowest BCUT2D eigenvalue weighted by atomic mass is 10.2. The van der Waals surface area contributed by atoms with Crippen molar-refractivity contribution in [3.05, 3.63) is 59.1 Å². The molecule has 0 spiro atoms.